The fourth-order valence-corrected chi connectivity index (χ4v) is 2.37. The van der Waals surface area contributed by atoms with E-state index < -0.39 is 0 Å². The predicted octanol–water partition coefficient (Wildman–Crippen LogP) is 3.15. The number of carbonyl (C=O) groups is 3. The van der Waals surface area contributed by atoms with E-state index >= 15 is 0 Å². The highest BCUT2D eigenvalue weighted by Gasteiger charge is 2.21. The number of amides is 1. The molecule has 24 heavy (non-hydrogen) atoms. The van der Waals surface area contributed by atoms with Crippen molar-refractivity contribution in [2.75, 3.05) is 13.7 Å². The zero-order chi connectivity index (χ0) is 18.1. The first-order valence-electron chi connectivity index (χ1n) is 8.35. The van der Waals surface area contributed by atoms with Gasteiger partial charge in [-0.25, -0.2) is 0 Å². The Morgan fingerprint density at radius 1 is 1.08 bits per heavy atom. The SMILES string of the molecule is CCC(C)N(CCC(=O)OC)C(=O)CCC(=O)c1ccc(C)cc1. The molecule has 0 aliphatic carbocycles. The summed E-state index contributed by atoms with van der Waals surface area (Å²) in [5, 5.41) is 0. The summed E-state index contributed by atoms with van der Waals surface area (Å²) < 4.78 is 4.63. The molecule has 0 aromatic heterocycles. The first kappa shape index (κ1) is 19.9. The Hall–Kier alpha value is -2.17. The van der Waals surface area contributed by atoms with Crippen molar-refractivity contribution in [3.63, 3.8) is 0 Å². The number of nitrogens with zero attached hydrogens (tertiary/aromatic N) is 1. The number of rotatable bonds is 9. The third-order valence-electron chi connectivity index (χ3n) is 4.17. The summed E-state index contributed by atoms with van der Waals surface area (Å²) in [5.74, 6) is -0.485. The molecular weight excluding hydrogens is 306 g/mol. The normalized spacial score (nSPS) is 11.7. The number of ketones is 1. The largest absolute Gasteiger partial charge is 0.469 e. The van der Waals surface area contributed by atoms with E-state index in [2.05, 4.69) is 4.74 Å². The molecule has 5 nitrogen and oxygen atoms in total. The van der Waals surface area contributed by atoms with Crippen molar-refractivity contribution < 1.29 is 19.1 Å². The van der Waals surface area contributed by atoms with Gasteiger partial charge in [0.2, 0.25) is 5.91 Å². The fourth-order valence-electron chi connectivity index (χ4n) is 2.37. The van der Waals surface area contributed by atoms with Gasteiger partial charge in [-0.3, -0.25) is 14.4 Å². The maximum atomic E-state index is 12.5. The second-order valence-electron chi connectivity index (χ2n) is 5.96. The maximum Gasteiger partial charge on any atom is 0.307 e. The predicted molar refractivity (Wildman–Crippen MR) is 92.8 cm³/mol. The topological polar surface area (TPSA) is 63.7 Å². The van der Waals surface area contributed by atoms with Crippen molar-refractivity contribution in [3.05, 3.63) is 35.4 Å². The second kappa shape index (κ2) is 9.85. The first-order chi connectivity index (χ1) is 11.4. The highest BCUT2D eigenvalue weighted by Crippen LogP contribution is 2.12. The van der Waals surface area contributed by atoms with Crippen LogP contribution in [0, 0.1) is 6.92 Å². The monoisotopic (exact) mass is 333 g/mol. The molecule has 0 heterocycles. The molecular formula is C19H27NO4. The number of aryl methyl sites for hydroxylation is 1. The van der Waals surface area contributed by atoms with Crippen LogP contribution in [0.15, 0.2) is 24.3 Å². The summed E-state index contributed by atoms with van der Waals surface area (Å²) in [5.41, 5.74) is 1.71. The molecule has 0 fully saturated rings. The third kappa shape index (κ3) is 6.14. The molecule has 0 saturated carbocycles. The van der Waals surface area contributed by atoms with Crippen LogP contribution >= 0.6 is 0 Å². The Balaban J connectivity index is 2.61. The lowest BCUT2D eigenvalue weighted by Gasteiger charge is -2.28. The van der Waals surface area contributed by atoms with Gasteiger partial charge in [0.1, 0.15) is 0 Å². The molecule has 0 bridgehead atoms. The van der Waals surface area contributed by atoms with Crippen molar-refractivity contribution in [3.8, 4) is 0 Å². The molecule has 0 radical (unpaired) electrons. The molecule has 0 saturated heterocycles. The van der Waals surface area contributed by atoms with E-state index in [0.29, 0.717) is 12.1 Å². The van der Waals surface area contributed by atoms with E-state index in [1.807, 2.05) is 32.9 Å². The number of Topliss-reactive ketones (excluding diaryl/α,β-unsaturated/α-hetero) is 1. The van der Waals surface area contributed by atoms with Gasteiger partial charge in [0.15, 0.2) is 5.78 Å². The summed E-state index contributed by atoms with van der Waals surface area (Å²) in [6, 6.07) is 7.36. The summed E-state index contributed by atoms with van der Waals surface area (Å²) in [6.45, 7) is 6.21. The third-order valence-corrected chi connectivity index (χ3v) is 4.17. The average Bonchev–Trinajstić information content (AvgIpc) is 2.59. The zero-order valence-electron chi connectivity index (χ0n) is 15.0. The molecule has 0 aliphatic rings. The number of hydrogen-bond acceptors (Lipinski definition) is 4. The first-order valence-corrected chi connectivity index (χ1v) is 8.35. The molecule has 0 aliphatic heterocycles. The van der Waals surface area contributed by atoms with Gasteiger partial charge < -0.3 is 9.64 Å². The lowest BCUT2D eigenvalue weighted by molar-refractivity contribution is -0.142. The lowest BCUT2D eigenvalue weighted by Crippen LogP contribution is -2.40. The molecule has 0 N–H and O–H groups in total. The van der Waals surface area contributed by atoms with E-state index in [1.54, 1.807) is 17.0 Å². The van der Waals surface area contributed by atoms with Crippen LogP contribution in [0.3, 0.4) is 0 Å². The summed E-state index contributed by atoms with van der Waals surface area (Å²) in [6.07, 6.45) is 1.28. The molecule has 1 aromatic carbocycles. The van der Waals surface area contributed by atoms with Crippen molar-refractivity contribution >= 4 is 17.7 Å². The molecule has 5 heteroatoms. The van der Waals surface area contributed by atoms with Crippen LogP contribution in [0.5, 0.6) is 0 Å². The Kier molecular flexibility index (Phi) is 8.16. The van der Waals surface area contributed by atoms with Crippen molar-refractivity contribution in [2.45, 2.75) is 52.5 Å². The molecule has 1 amide bonds. The second-order valence-corrected chi connectivity index (χ2v) is 5.96. The van der Waals surface area contributed by atoms with Crippen LogP contribution < -0.4 is 0 Å². The quantitative estimate of drug-likeness (QED) is 0.514. The minimum absolute atomic E-state index is 0.0247. The van der Waals surface area contributed by atoms with E-state index in [4.69, 9.17) is 0 Å². The summed E-state index contributed by atoms with van der Waals surface area (Å²) in [4.78, 5) is 37.6. The lowest BCUT2D eigenvalue weighted by atomic mass is 10.0. The van der Waals surface area contributed by atoms with E-state index in [0.717, 1.165) is 12.0 Å². The van der Waals surface area contributed by atoms with Gasteiger partial charge in [0.05, 0.1) is 13.5 Å². The van der Waals surface area contributed by atoms with E-state index in [9.17, 15) is 14.4 Å². The molecule has 132 valence electrons. The van der Waals surface area contributed by atoms with Gasteiger partial charge in [-0.1, -0.05) is 36.8 Å². The number of methoxy groups -OCH3 is 1. The molecule has 1 aromatic rings. The standard InChI is InChI=1S/C19H27NO4/c1-5-15(3)20(13-12-19(23)24-4)18(22)11-10-17(21)16-8-6-14(2)7-9-16/h6-9,15H,5,10-13H2,1-4H3. The minimum Gasteiger partial charge on any atom is -0.469 e. The van der Waals surface area contributed by atoms with E-state index in [-0.39, 0.29) is 43.0 Å². The van der Waals surface area contributed by atoms with Crippen LogP contribution in [0.2, 0.25) is 0 Å². The van der Waals surface area contributed by atoms with Crippen molar-refractivity contribution in [1.82, 2.24) is 4.90 Å². The van der Waals surface area contributed by atoms with Gasteiger partial charge in [-0.15, -0.1) is 0 Å². The summed E-state index contributed by atoms with van der Waals surface area (Å²) in [7, 11) is 1.33. The highest BCUT2D eigenvalue weighted by atomic mass is 16.5. The van der Waals surface area contributed by atoms with Gasteiger partial charge in [-0.05, 0) is 20.3 Å². The molecule has 1 atom stereocenters. The Bertz CT molecular complexity index is 565. The Morgan fingerprint density at radius 2 is 1.71 bits per heavy atom. The van der Waals surface area contributed by atoms with Gasteiger partial charge >= 0.3 is 5.97 Å². The number of hydrogen-bond donors (Lipinski definition) is 0. The van der Waals surface area contributed by atoms with Crippen LogP contribution in [0.1, 0.15) is 55.5 Å². The molecule has 1 rings (SSSR count). The van der Waals surface area contributed by atoms with Crippen LogP contribution in [0.25, 0.3) is 0 Å². The van der Waals surface area contributed by atoms with Crippen LogP contribution in [-0.4, -0.2) is 42.3 Å². The number of ether oxygens (including phenoxy) is 1. The fraction of sp³-hybridized carbons (Fsp3) is 0.526. The maximum absolute atomic E-state index is 12.5. The van der Waals surface area contributed by atoms with Crippen LogP contribution in [-0.2, 0) is 14.3 Å². The highest BCUT2D eigenvalue weighted by molar-refractivity contribution is 5.98. The van der Waals surface area contributed by atoms with Crippen LogP contribution in [0.4, 0.5) is 0 Å². The van der Waals surface area contributed by atoms with Crippen molar-refractivity contribution in [1.29, 1.82) is 0 Å². The van der Waals surface area contributed by atoms with Crippen molar-refractivity contribution in [2.24, 2.45) is 0 Å². The molecule has 0 spiro atoms. The summed E-state index contributed by atoms with van der Waals surface area (Å²) >= 11 is 0. The Labute approximate surface area is 144 Å². The Morgan fingerprint density at radius 3 is 2.25 bits per heavy atom. The zero-order valence-corrected chi connectivity index (χ0v) is 15.0. The van der Waals surface area contributed by atoms with Gasteiger partial charge in [0.25, 0.3) is 0 Å². The number of esters is 1. The average molecular weight is 333 g/mol. The minimum atomic E-state index is -0.341. The van der Waals surface area contributed by atoms with Gasteiger partial charge in [-0.2, -0.15) is 0 Å². The number of benzene rings is 1. The van der Waals surface area contributed by atoms with Gasteiger partial charge in [0, 0.05) is 31.0 Å². The van der Waals surface area contributed by atoms with E-state index in [1.165, 1.54) is 7.11 Å². The smallest absolute Gasteiger partial charge is 0.307 e. The molecule has 1 unspecified atom stereocenters. The number of carbonyl (C=O) groups excluding carboxylic acids is 3.